The summed E-state index contributed by atoms with van der Waals surface area (Å²) in [6.45, 7) is 4.16. The Morgan fingerprint density at radius 3 is 1.52 bits per heavy atom. The van der Waals surface area contributed by atoms with Gasteiger partial charge in [-0.05, 0) is 70.6 Å². The first-order chi connectivity index (χ1) is 26.0. The van der Waals surface area contributed by atoms with Crippen molar-refractivity contribution in [2.24, 2.45) is 0 Å². The van der Waals surface area contributed by atoms with Crippen molar-refractivity contribution in [2.45, 2.75) is 187 Å². The van der Waals surface area contributed by atoms with Crippen LogP contribution in [-0.4, -0.2) is 70.0 Å². The van der Waals surface area contributed by atoms with E-state index in [1.54, 1.807) is 0 Å². The highest BCUT2D eigenvalue weighted by Crippen LogP contribution is 2.38. The minimum Gasteiger partial charge on any atom is -0.756 e. The van der Waals surface area contributed by atoms with Crippen LogP contribution in [0.5, 0.6) is 0 Å². The Morgan fingerprint density at radius 2 is 1.00 bits per heavy atom. The number of hydrogen-bond acceptors (Lipinski definition) is 8. The van der Waals surface area contributed by atoms with Gasteiger partial charge >= 0.3 is 11.9 Å². The predicted octanol–water partition coefficient (Wildman–Crippen LogP) is 11.5. The van der Waals surface area contributed by atoms with E-state index in [1.807, 2.05) is 21.1 Å². The van der Waals surface area contributed by atoms with E-state index in [-0.39, 0.29) is 26.1 Å². The number of hydrogen-bond donors (Lipinski definition) is 0. The first-order valence-electron chi connectivity index (χ1n) is 21.7. The monoisotopic (exact) mass is 784 g/mol. The molecule has 0 heterocycles. The number of unbranched alkanes of at least 4 members (excludes halogenated alkanes) is 19. The number of esters is 2. The lowest BCUT2D eigenvalue weighted by Gasteiger charge is -2.28. The molecule has 0 amide bonds. The molecule has 0 radical (unpaired) electrons. The second kappa shape index (κ2) is 36.8. The van der Waals surface area contributed by atoms with E-state index in [9.17, 15) is 19.0 Å². The van der Waals surface area contributed by atoms with Gasteiger partial charge in [0.1, 0.15) is 19.8 Å². The fraction of sp³-hybridized carbons (Fsp3) is 0.818. The molecule has 0 saturated carbocycles. The third-order valence-corrected chi connectivity index (χ3v) is 10.1. The molecule has 2 atom stereocenters. The molecule has 0 aliphatic heterocycles. The number of rotatable bonds is 39. The molecule has 0 aromatic rings. The van der Waals surface area contributed by atoms with Gasteiger partial charge in [-0.1, -0.05) is 134 Å². The summed E-state index contributed by atoms with van der Waals surface area (Å²) < 4.78 is 33.8. The topological polar surface area (TPSA) is 111 Å². The summed E-state index contributed by atoms with van der Waals surface area (Å²) in [5, 5.41) is 0. The lowest BCUT2D eigenvalue weighted by atomic mass is 10.1. The van der Waals surface area contributed by atoms with Gasteiger partial charge < -0.3 is 27.9 Å². The molecule has 9 nitrogen and oxygen atoms in total. The summed E-state index contributed by atoms with van der Waals surface area (Å²) in [6.07, 6.45) is 40.2. The number of carbonyl (C=O) groups is 2. The van der Waals surface area contributed by atoms with Crippen molar-refractivity contribution in [1.29, 1.82) is 0 Å². The van der Waals surface area contributed by atoms with Crippen molar-refractivity contribution in [3.8, 4) is 0 Å². The van der Waals surface area contributed by atoms with Gasteiger partial charge in [-0.25, -0.2) is 0 Å². The molecular weight excluding hydrogens is 701 g/mol. The Labute approximate surface area is 331 Å². The number of ether oxygens (including phenoxy) is 2. The average Bonchev–Trinajstić information content (AvgIpc) is 3.12. The van der Waals surface area contributed by atoms with E-state index in [0.29, 0.717) is 23.9 Å². The lowest BCUT2D eigenvalue weighted by molar-refractivity contribution is -0.870. The van der Waals surface area contributed by atoms with Crippen LogP contribution >= 0.6 is 7.82 Å². The van der Waals surface area contributed by atoms with Crippen LogP contribution in [0.1, 0.15) is 181 Å². The van der Waals surface area contributed by atoms with E-state index < -0.39 is 32.5 Å². The maximum atomic E-state index is 12.7. The number of phosphoric ester groups is 1. The molecule has 0 aromatic carbocycles. The quantitative estimate of drug-likeness (QED) is 0.0199. The van der Waals surface area contributed by atoms with Crippen LogP contribution in [0.4, 0.5) is 0 Å². The molecule has 54 heavy (non-hydrogen) atoms. The van der Waals surface area contributed by atoms with Crippen LogP contribution in [0, 0.1) is 0 Å². The van der Waals surface area contributed by atoms with E-state index in [4.69, 9.17) is 18.5 Å². The Bertz CT molecular complexity index is 1020. The Kier molecular flexibility index (Phi) is 35.6. The van der Waals surface area contributed by atoms with Crippen LogP contribution in [0.3, 0.4) is 0 Å². The van der Waals surface area contributed by atoms with Crippen molar-refractivity contribution < 1.29 is 42.1 Å². The number of likely N-dealkylation sites (N-methyl/N-ethyl adjacent to an activating group) is 1. The van der Waals surface area contributed by atoms with E-state index >= 15 is 0 Å². The second-order valence-electron chi connectivity index (χ2n) is 15.7. The molecule has 316 valence electrons. The fourth-order valence-electron chi connectivity index (χ4n) is 5.68. The SMILES string of the molecule is CCCCC/C=C/C/C=C/CCCCCCCC(=O)OC[C@H](COP(=O)([O-])OCC[N+](C)(C)C)OC(=O)CCCCCCC/C=C/CCCCCCCC. The fourth-order valence-corrected chi connectivity index (χ4v) is 6.41. The molecule has 0 spiro atoms. The standard InChI is InChI=1S/C44H82NO8P/c1-6-8-10-12-14-16-18-20-22-24-26-28-30-32-34-36-43(46)50-40-42(41-52-54(48,49)51-39-38-45(3,4)5)53-44(47)37-35-33-31-29-27-25-23-21-19-17-15-13-11-9-7-2/h14,16,20-23,42H,6-13,15,17-19,24-41H2,1-5H3/b16-14+,22-20+,23-21+/t42-/m1/s1. The van der Waals surface area contributed by atoms with Crippen molar-refractivity contribution in [3.63, 3.8) is 0 Å². The summed E-state index contributed by atoms with van der Waals surface area (Å²) in [7, 11) is 1.15. The molecule has 0 N–H and O–H groups in total. The van der Waals surface area contributed by atoms with Gasteiger partial charge in [0.15, 0.2) is 6.10 Å². The average molecular weight is 784 g/mol. The number of allylic oxidation sites excluding steroid dienone is 6. The zero-order valence-corrected chi connectivity index (χ0v) is 36.3. The molecular formula is C44H82NO8P. The lowest BCUT2D eigenvalue weighted by Crippen LogP contribution is -2.37. The number of carbonyl (C=O) groups excluding carboxylic acids is 2. The van der Waals surface area contributed by atoms with Crippen LogP contribution in [0.25, 0.3) is 0 Å². The van der Waals surface area contributed by atoms with Crippen molar-refractivity contribution in [1.82, 2.24) is 0 Å². The highest BCUT2D eigenvalue weighted by Gasteiger charge is 2.21. The Morgan fingerprint density at radius 1 is 0.574 bits per heavy atom. The van der Waals surface area contributed by atoms with Gasteiger partial charge in [-0.3, -0.25) is 14.2 Å². The second-order valence-corrected chi connectivity index (χ2v) is 17.1. The first-order valence-corrected chi connectivity index (χ1v) is 23.2. The van der Waals surface area contributed by atoms with Crippen LogP contribution in [-0.2, 0) is 32.7 Å². The summed E-state index contributed by atoms with van der Waals surface area (Å²) in [4.78, 5) is 37.5. The Balaban J connectivity index is 4.41. The minimum absolute atomic E-state index is 0.0350. The van der Waals surface area contributed by atoms with E-state index in [0.717, 1.165) is 70.6 Å². The maximum absolute atomic E-state index is 12.7. The van der Waals surface area contributed by atoms with Crippen molar-refractivity contribution in [3.05, 3.63) is 36.5 Å². The third-order valence-electron chi connectivity index (χ3n) is 9.13. The zero-order chi connectivity index (χ0) is 40.0. The van der Waals surface area contributed by atoms with Gasteiger partial charge in [0.2, 0.25) is 0 Å². The first kappa shape index (κ1) is 52.2. The van der Waals surface area contributed by atoms with Crippen molar-refractivity contribution >= 4 is 19.8 Å². The molecule has 0 aliphatic rings. The molecule has 10 heteroatoms. The van der Waals surface area contributed by atoms with Gasteiger partial charge in [0.25, 0.3) is 7.82 Å². The molecule has 0 rings (SSSR count). The van der Waals surface area contributed by atoms with Crippen molar-refractivity contribution in [2.75, 3.05) is 47.5 Å². The summed E-state index contributed by atoms with van der Waals surface area (Å²) in [6, 6.07) is 0. The van der Waals surface area contributed by atoms with Crippen LogP contribution < -0.4 is 4.89 Å². The zero-order valence-electron chi connectivity index (χ0n) is 35.4. The summed E-state index contributed by atoms with van der Waals surface area (Å²) >= 11 is 0. The van der Waals surface area contributed by atoms with E-state index in [1.165, 1.54) is 70.6 Å². The molecule has 0 fully saturated rings. The number of nitrogens with zero attached hydrogens (tertiary/aromatic N) is 1. The van der Waals surface area contributed by atoms with Gasteiger partial charge in [-0.2, -0.15) is 0 Å². The van der Waals surface area contributed by atoms with Crippen LogP contribution in [0.2, 0.25) is 0 Å². The molecule has 1 unspecified atom stereocenters. The van der Waals surface area contributed by atoms with Gasteiger partial charge in [-0.15, -0.1) is 0 Å². The third kappa shape index (κ3) is 39.9. The van der Waals surface area contributed by atoms with E-state index in [2.05, 4.69) is 50.3 Å². The largest absolute Gasteiger partial charge is 0.756 e. The smallest absolute Gasteiger partial charge is 0.306 e. The highest BCUT2D eigenvalue weighted by atomic mass is 31.2. The normalized spacial score (nSPS) is 14.0. The minimum atomic E-state index is -4.63. The highest BCUT2D eigenvalue weighted by molar-refractivity contribution is 7.45. The molecule has 0 aromatic heterocycles. The number of quaternary nitrogens is 1. The molecule has 0 aliphatic carbocycles. The molecule has 0 saturated heterocycles. The van der Waals surface area contributed by atoms with Gasteiger partial charge in [0.05, 0.1) is 27.7 Å². The van der Waals surface area contributed by atoms with Gasteiger partial charge in [0, 0.05) is 12.8 Å². The Hall–Kier alpha value is -1.77. The summed E-state index contributed by atoms with van der Waals surface area (Å²) in [5.41, 5.74) is 0. The maximum Gasteiger partial charge on any atom is 0.306 e. The molecule has 0 bridgehead atoms. The predicted molar refractivity (Wildman–Crippen MR) is 222 cm³/mol. The summed E-state index contributed by atoms with van der Waals surface area (Å²) in [5.74, 6) is -0.860. The number of phosphoric acid groups is 1. The van der Waals surface area contributed by atoms with Crippen LogP contribution in [0.15, 0.2) is 36.5 Å².